The minimum Gasteiger partial charge on any atom is -0.466 e. The largest absolute Gasteiger partial charge is 0.466 e. The lowest BCUT2D eigenvalue weighted by Crippen LogP contribution is -2.45. The van der Waals surface area contributed by atoms with E-state index in [1.54, 1.807) is 6.08 Å². The minimum absolute atomic E-state index is 0.0217. The zero-order valence-electron chi connectivity index (χ0n) is 40.6. The van der Waals surface area contributed by atoms with E-state index in [0.29, 0.717) is 19.4 Å². The van der Waals surface area contributed by atoms with Crippen LogP contribution >= 0.6 is 0 Å². The smallest absolute Gasteiger partial charge is 0.305 e. The lowest BCUT2D eigenvalue weighted by Gasteiger charge is -2.20. The van der Waals surface area contributed by atoms with E-state index in [1.165, 1.54) is 173 Å². The van der Waals surface area contributed by atoms with Crippen LogP contribution in [0.4, 0.5) is 0 Å². The Morgan fingerprint density at radius 2 is 0.803 bits per heavy atom. The number of amides is 1. The van der Waals surface area contributed by atoms with Gasteiger partial charge >= 0.3 is 5.97 Å². The third kappa shape index (κ3) is 47.4. The van der Waals surface area contributed by atoms with Crippen molar-refractivity contribution < 1.29 is 24.5 Å². The quantitative estimate of drug-likeness (QED) is 0.0245. The van der Waals surface area contributed by atoms with Crippen molar-refractivity contribution in [1.29, 1.82) is 0 Å². The van der Waals surface area contributed by atoms with E-state index in [1.807, 2.05) is 6.08 Å². The van der Waals surface area contributed by atoms with Gasteiger partial charge in [-0.1, -0.05) is 237 Å². The van der Waals surface area contributed by atoms with Gasteiger partial charge in [-0.15, -0.1) is 0 Å². The monoisotopic (exact) mass is 858 g/mol. The summed E-state index contributed by atoms with van der Waals surface area (Å²) in [4.78, 5) is 24.4. The first-order valence-corrected chi connectivity index (χ1v) is 26.8. The zero-order valence-corrected chi connectivity index (χ0v) is 40.6. The van der Waals surface area contributed by atoms with Crippen molar-refractivity contribution in [3.05, 3.63) is 36.5 Å². The van der Waals surface area contributed by atoms with Crippen LogP contribution in [0.3, 0.4) is 0 Å². The summed E-state index contributed by atoms with van der Waals surface area (Å²) in [6.07, 6.45) is 61.5. The Labute approximate surface area is 379 Å². The maximum atomic E-state index is 12.4. The molecule has 2 unspecified atom stereocenters. The van der Waals surface area contributed by atoms with Gasteiger partial charge in [0.15, 0.2) is 0 Å². The highest BCUT2D eigenvalue weighted by atomic mass is 16.5. The second kappa shape index (κ2) is 50.7. The predicted octanol–water partition coefficient (Wildman–Crippen LogP) is 16.1. The van der Waals surface area contributed by atoms with Crippen molar-refractivity contribution in [3.8, 4) is 0 Å². The van der Waals surface area contributed by atoms with Crippen LogP contribution in [0, 0.1) is 0 Å². The first-order chi connectivity index (χ1) is 30.0. The number of rotatable bonds is 49. The second-order valence-electron chi connectivity index (χ2n) is 18.2. The van der Waals surface area contributed by atoms with Crippen molar-refractivity contribution in [2.24, 2.45) is 0 Å². The molecule has 2 atom stereocenters. The van der Waals surface area contributed by atoms with Gasteiger partial charge in [0.2, 0.25) is 5.91 Å². The Kier molecular flexibility index (Phi) is 49.1. The molecule has 6 nitrogen and oxygen atoms in total. The van der Waals surface area contributed by atoms with Gasteiger partial charge in [0, 0.05) is 12.8 Å². The number of hydrogen-bond acceptors (Lipinski definition) is 5. The number of aliphatic hydroxyl groups is 2. The maximum absolute atomic E-state index is 12.4. The Hall–Kier alpha value is -1.92. The Bertz CT molecular complexity index is 993. The van der Waals surface area contributed by atoms with E-state index in [9.17, 15) is 19.8 Å². The van der Waals surface area contributed by atoms with Crippen molar-refractivity contribution >= 4 is 11.9 Å². The molecule has 0 aromatic rings. The summed E-state index contributed by atoms with van der Waals surface area (Å²) in [6.45, 7) is 4.85. The summed E-state index contributed by atoms with van der Waals surface area (Å²) in [5.74, 6) is -0.112. The van der Waals surface area contributed by atoms with Crippen LogP contribution in [0.1, 0.15) is 277 Å². The molecule has 61 heavy (non-hydrogen) atoms. The fraction of sp³-hybridized carbons (Fsp3) is 0.855. The van der Waals surface area contributed by atoms with Gasteiger partial charge in [0.1, 0.15) is 0 Å². The van der Waals surface area contributed by atoms with E-state index < -0.39 is 12.1 Å². The number of esters is 1. The molecule has 0 heterocycles. The average Bonchev–Trinajstić information content (AvgIpc) is 3.26. The van der Waals surface area contributed by atoms with E-state index in [-0.39, 0.29) is 18.5 Å². The topological polar surface area (TPSA) is 95.9 Å². The molecule has 0 rings (SSSR count). The van der Waals surface area contributed by atoms with Crippen LogP contribution in [-0.4, -0.2) is 47.4 Å². The number of carbonyl (C=O) groups is 2. The average molecular weight is 858 g/mol. The van der Waals surface area contributed by atoms with Crippen molar-refractivity contribution in [1.82, 2.24) is 5.32 Å². The third-order valence-corrected chi connectivity index (χ3v) is 12.2. The van der Waals surface area contributed by atoms with Crippen LogP contribution in [-0.2, 0) is 14.3 Å². The fourth-order valence-corrected chi connectivity index (χ4v) is 8.04. The molecule has 0 saturated carbocycles. The SMILES string of the molecule is CCCCCCCCCCCCCCCC/C=C/C(O)C(CO)NC(=O)CCCCCCCC/C=C\C=C/CCCCCOC(=O)CCCCCCCCCCCCCCC. The van der Waals surface area contributed by atoms with Crippen molar-refractivity contribution in [2.75, 3.05) is 13.2 Å². The molecule has 6 heteroatoms. The molecule has 0 aromatic carbocycles. The first kappa shape index (κ1) is 59.1. The molecule has 0 radical (unpaired) electrons. The number of carbonyl (C=O) groups excluding carboxylic acids is 2. The fourth-order valence-electron chi connectivity index (χ4n) is 8.04. The molecule has 0 bridgehead atoms. The van der Waals surface area contributed by atoms with Gasteiger partial charge in [0.25, 0.3) is 0 Å². The summed E-state index contributed by atoms with van der Waals surface area (Å²) in [5, 5.41) is 23.1. The van der Waals surface area contributed by atoms with Crippen LogP contribution < -0.4 is 5.32 Å². The van der Waals surface area contributed by atoms with E-state index in [2.05, 4.69) is 43.5 Å². The molecular weight excluding hydrogens is 755 g/mol. The molecule has 358 valence electrons. The summed E-state index contributed by atoms with van der Waals surface area (Å²) < 4.78 is 5.44. The molecular formula is C55H103NO5. The molecule has 0 aromatic heterocycles. The van der Waals surface area contributed by atoms with Gasteiger partial charge in [0.05, 0.1) is 25.4 Å². The highest BCUT2D eigenvalue weighted by molar-refractivity contribution is 5.76. The van der Waals surface area contributed by atoms with Gasteiger partial charge in [-0.2, -0.15) is 0 Å². The molecule has 0 saturated heterocycles. The summed E-state index contributed by atoms with van der Waals surface area (Å²) in [5.41, 5.74) is 0. The predicted molar refractivity (Wildman–Crippen MR) is 264 cm³/mol. The number of allylic oxidation sites excluding steroid dienone is 5. The lowest BCUT2D eigenvalue weighted by molar-refractivity contribution is -0.143. The van der Waals surface area contributed by atoms with Crippen molar-refractivity contribution in [3.63, 3.8) is 0 Å². The van der Waals surface area contributed by atoms with E-state index >= 15 is 0 Å². The second-order valence-corrected chi connectivity index (χ2v) is 18.2. The minimum atomic E-state index is -0.858. The van der Waals surface area contributed by atoms with E-state index in [4.69, 9.17) is 4.74 Å². The van der Waals surface area contributed by atoms with Gasteiger partial charge in [-0.25, -0.2) is 0 Å². The third-order valence-electron chi connectivity index (χ3n) is 12.2. The van der Waals surface area contributed by atoms with Crippen molar-refractivity contribution in [2.45, 2.75) is 289 Å². The molecule has 0 fully saturated rings. The number of unbranched alkanes of at least 4 members (excludes halogenated alkanes) is 35. The van der Waals surface area contributed by atoms with Crippen LogP contribution in [0.2, 0.25) is 0 Å². The summed E-state index contributed by atoms with van der Waals surface area (Å²) in [7, 11) is 0. The zero-order chi connectivity index (χ0) is 44.4. The molecule has 3 N–H and O–H groups in total. The number of aliphatic hydroxyl groups excluding tert-OH is 2. The molecule has 0 spiro atoms. The normalized spacial score (nSPS) is 12.9. The van der Waals surface area contributed by atoms with Crippen LogP contribution in [0.25, 0.3) is 0 Å². The number of ether oxygens (including phenoxy) is 1. The Morgan fingerprint density at radius 3 is 1.21 bits per heavy atom. The van der Waals surface area contributed by atoms with E-state index in [0.717, 1.165) is 77.0 Å². The maximum Gasteiger partial charge on any atom is 0.305 e. The molecule has 1 amide bonds. The highest BCUT2D eigenvalue weighted by Gasteiger charge is 2.18. The highest BCUT2D eigenvalue weighted by Crippen LogP contribution is 2.16. The van der Waals surface area contributed by atoms with Crippen LogP contribution in [0.5, 0.6) is 0 Å². The van der Waals surface area contributed by atoms with Crippen LogP contribution in [0.15, 0.2) is 36.5 Å². The summed E-state index contributed by atoms with van der Waals surface area (Å²) >= 11 is 0. The lowest BCUT2D eigenvalue weighted by atomic mass is 10.0. The van der Waals surface area contributed by atoms with Gasteiger partial charge in [-0.05, 0) is 64.2 Å². The number of nitrogens with one attached hydrogen (secondary N) is 1. The first-order valence-electron chi connectivity index (χ1n) is 26.8. The molecule has 0 aliphatic carbocycles. The number of hydrogen-bond donors (Lipinski definition) is 3. The summed E-state index contributed by atoms with van der Waals surface area (Å²) in [6, 6.07) is -0.644. The molecule has 0 aliphatic heterocycles. The Balaban J connectivity index is 3.56. The van der Waals surface area contributed by atoms with Gasteiger partial charge < -0.3 is 20.3 Å². The molecule has 0 aliphatic rings. The standard InChI is InChI=1S/C55H103NO5/c1-3-5-7-9-11-13-15-17-18-20-24-27-31-35-39-43-47-53(58)52(51-57)56-54(59)48-44-40-36-32-28-25-21-19-22-26-30-34-38-42-46-50-61-55(60)49-45-41-37-33-29-23-16-14-12-10-8-6-4-2/h19,22,26,30,43,47,52-53,57-58H,3-18,20-21,23-25,27-29,31-42,44-46,48-51H2,1-2H3,(H,56,59)/b22-19-,30-26-,47-43+. The Morgan fingerprint density at radius 1 is 0.459 bits per heavy atom. The van der Waals surface area contributed by atoms with Gasteiger partial charge in [-0.3, -0.25) is 9.59 Å².